The lowest BCUT2D eigenvalue weighted by molar-refractivity contribution is -0.128. The summed E-state index contributed by atoms with van der Waals surface area (Å²) in [6, 6.07) is 5.08. The van der Waals surface area contributed by atoms with Gasteiger partial charge in [-0.05, 0) is 31.0 Å². The van der Waals surface area contributed by atoms with Crippen LogP contribution in [0.5, 0.6) is 0 Å². The monoisotopic (exact) mass is 308 g/mol. The van der Waals surface area contributed by atoms with Crippen molar-refractivity contribution in [3.8, 4) is 0 Å². The van der Waals surface area contributed by atoms with Gasteiger partial charge in [0.2, 0.25) is 5.91 Å². The van der Waals surface area contributed by atoms with Crippen LogP contribution in [0.15, 0.2) is 23.2 Å². The number of hydrogen-bond donors (Lipinski definition) is 2. The summed E-state index contributed by atoms with van der Waals surface area (Å²) < 4.78 is 13.6. The number of hydrogen-bond acceptors (Lipinski definition) is 2. The molecule has 0 saturated carbocycles. The average Bonchev–Trinajstić information content (AvgIpc) is 2.48. The van der Waals surface area contributed by atoms with Gasteiger partial charge in [0.1, 0.15) is 5.82 Å². The number of amides is 1. The van der Waals surface area contributed by atoms with Crippen molar-refractivity contribution in [2.24, 2.45) is 4.99 Å². The fourth-order valence-corrected chi connectivity index (χ4v) is 1.87. The van der Waals surface area contributed by atoms with Crippen LogP contribution in [-0.2, 0) is 4.79 Å². The van der Waals surface area contributed by atoms with Gasteiger partial charge in [0, 0.05) is 34.1 Å². The Kier molecular flexibility index (Phi) is 6.82. The van der Waals surface area contributed by atoms with Crippen LogP contribution in [0.3, 0.4) is 0 Å². The molecule has 1 unspecified atom stereocenters. The highest BCUT2D eigenvalue weighted by Crippen LogP contribution is 2.16. The third-order valence-electron chi connectivity index (χ3n) is 3.40. The van der Waals surface area contributed by atoms with E-state index in [9.17, 15) is 9.18 Å². The van der Waals surface area contributed by atoms with Crippen LogP contribution in [0.1, 0.15) is 30.5 Å². The number of halogens is 1. The van der Waals surface area contributed by atoms with E-state index >= 15 is 0 Å². The second kappa shape index (κ2) is 8.36. The van der Waals surface area contributed by atoms with Gasteiger partial charge >= 0.3 is 0 Å². The first-order chi connectivity index (χ1) is 10.3. The van der Waals surface area contributed by atoms with E-state index in [1.54, 1.807) is 39.0 Å². The van der Waals surface area contributed by atoms with Crippen LogP contribution in [-0.4, -0.2) is 44.5 Å². The molecule has 0 aliphatic heterocycles. The van der Waals surface area contributed by atoms with Crippen molar-refractivity contribution in [2.45, 2.75) is 26.3 Å². The Morgan fingerprint density at radius 1 is 1.41 bits per heavy atom. The lowest BCUT2D eigenvalue weighted by Crippen LogP contribution is -2.40. The number of carbonyl (C=O) groups excluding carboxylic acids is 1. The molecule has 0 saturated heterocycles. The van der Waals surface area contributed by atoms with Crippen molar-refractivity contribution in [3.63, 3.8) is 0 Å². The normalized spacial score (nSPS) is 12.7. The fraction of sp³-hybridized carbons (Fsp3) is 0.500. The minimum atomic E-state index is -0.217. The molecule has 0 fully saturated rings. The zero-order chi connectivity index (χ0) is 16.7. The molecule has 0 aromatic heterocycles. The van der Waals surface area contributed by atoms with Gasteiger partial charge in [-0.3, -0.25) is 9.79 Å². The van der Waals surface area contributed by atoms with E-state index in [0.29, 0.717) is 24.5 Å². The molecule has 0 bridgehead atoms. The van der Waals surface area contributed by atoms with Gasteiger partial charge in [-0.15, -0.1) is 0 Å². The van der Waals surface area contributed by atoms with Gasteiger partial charge in [-0.2, -0.15) is 0 Å². The lowest BCUT2D eigenvalue weighted by Gasteiger charge is -2.19. The minimum Gasteiger partial charge on any atom is -0.356 e. The molecule has 0 radical (unpaired) electrons. The number of nitrogens with zero attached hydrogens (tertiary/aromatic N) is 2. The highest BCUT2D eigenvalue weighted by Gasteiger charge is 2.10. The first-order valence-electron chi connectivity index (χ1n) is 7.28. The third kappa shape index (κ3) is 5.35. The quantitative estimate of drug-likeness (QED) is 0.644. The maximum Gasteiger partial charge on any atom is 0.223 e. The van der Waals surface area contributed by atoms with E-state index < -0.39 is 0 Å². The minimum absolute atomic E-state index is 0.0524. The van der Waals surface area contributed by atoms with Crippen molar-refractivity contribution < 1.29 is 9.18 Å². The summed E-state index contributed by atoms with van der Waals surface area (Å²) in [5.41, 5.74) is 1.47. The maximum absolute atomic E-state index is 13.6. The summed E-state index contributed by atoms with van der Waals surface area (Å²) in [5.74, 6) is 0.419. The summed E-state index contributed by atoms with van der Waals surface area (Å²) in [6.45, 7) is 4.16. The second-order valence-corrected chi connectivity index (χ2v) is 5.41. The van der Waals surface area contributed by atoms with Crippen molar-refractivity contribution in [2.75, 3.05) is 27.7 Å². The highest BCUT2D eigenvalue weighted by molar-refractivity contribution is 5.81. The molecular formula is C16H25FN4O. The van der Waals surface area contributed by atoms with Crippen molar-refractivity contribution in [1.29, 1.82) is 0 Å². The molecule has 0 aliphatic rings. The van der Waals surface area contributed by atoms with Crippen molar-refractivity contribution in [1.82, 2.24) is 15.5 Å². The Bertz CT molecular complexity index is 543. The SMILES string of the molecule is CN=C(NCCC(=O)N(C)C)NC(C)c1ccc(C)c(F)c1. The predicted molar refractivity (Wildman–Crippen MR) is 87.4 cm³/mol. The first-order valence-corrected chi connectivity index (χ1v) is 7.28. The molecule has 1 atom stereocenters. The molecule has 122 valence electrons. The molecular weight excluding hydrogens is 283 g/mol. The Balaban J connectivity index is 2.55. The van der Waals surface area contributed by atoms with Crippen molar-refractivity contribution >= 4 is 11.9 Å². The van der Waals surface area contributed by atoms with Gasteiger partial charge in [0.15, 0.2) is 5.96 Å². The van der Waals surface area contributed by atoms with E-state index in [0.717, 1.165) is 5.56 Å². The highest BCUT2D eigenvalue weighted by atomic mass is 19.1. The van der Waals surface area contributed by atoms with E-state index in [1.807, 2.05) is 13.0 Å². The zero-order valence-electron chi connectivity index (χ0n) is 13.9. The molecule has 0 spiro atoms. The second-order valence-electron chi connectivity index (χ2n) is 5.41. The molecule has 22 heavy (non-hydrogen) atoms. The van der Waals surface area contributed by atoms with E-state index in [-0.39, 0.29) is 17.8 Å². The van der Waals surface area contributed by atoms with Crippen LogP contribution in [0, 0.1) is 12.7 Å². The third-order valence-corrected chi connectivity index (χ3v) is 3.40. The molecule has 0 heterocycles. The Labute approximate surface area is 131 Å². The summed E-state index contributed by atoms with van der Waals surface area (Å²) in [7, 11) is 5.11. The lowest BCUT2D eigenvalue weighted by atomic mass is 10.1. The van der Waals surface area contributed by atoms with Gasteiger partial charge in [-0.25, -0.2) is 4.39 Å². The standard InChI is InChI=1S/C16H25FN4O/c1-11-6-7-13(10-14(11)17)12(2)20-16(18-3)19-9-8-15(22)21(4)5/h6-7,10,12H,8-9H2,1-5H3,(H2,18,19,20). The first kappa shape index (κ1) is 17.9. The van der Waals surface area contributed by atoms with Gasteiger partial charge in [0.25, 0.3) is 0 Å². The van der Waals surface area contributed by atoms with Crippen molar-refractivity contribution in [3.05, 3.63) is 35.1 Å². The number of guanidine groups is 1. The molecule has 1 amide bonds. The molecule has 0 aliphatic carbocycles. The topological polar surface area (TPSA) is 56.7 Å². The zero-order valence-corrected chi connectivity index (χ0v) is 13.9. The van der Waals surface area contributed by atoms with Gasteiger partial charge in [-0.1, -0.05) is 12.1 Å². The van der Waals surface area contributed by atoms with Gasteiger partial charge < -0.3 is 15.5 Å². The molecule has 1 aromatic rings. The Morgan fingerprint density at radius 3 is 2.64 bits per heavy atom. The number of nitrogens with one attached hydrogen (secondary N) is 2. The number of carbonyl (C=O) groups is 1. The number of aliphatic imine (C=N–C) groups is 1. The maximum atomic E-state index is 13.6. The van der Waals surface area contributed by atoms with E-state index in [1.165, 1.54) is 6.07 Å². The summed E-state index contributed by atoms with van der Waals surface area (Å²) >= 11 is 0. The fourth-order valence-electron chi connectivity index (χ4n) is 1.87. The molecule has 6 heteroatoms. The van der Waals surface area contributed by atoms with E-state index in [2.05, 4.69) is 15.6 Å². The smallest absolute Gasteiger partial charge is 0.223 e. The number of benzene rings is 1. The van der Waals surface area contributed by atoms with Crippen LogP contribution in [0.25, 0.3) is 0 Å². The largest absolute Gasteiger partial charge is 0.356 e. The molecule has 1 aromatic carbocycles. The van der Waals surface area contributed by atoms with Crippen LogP contribution in [0.4, 0.5) is 4.39 Å². The predicted octanol–water partition coefficient (Wildman–Crippen LogP) is 1.84. The Hall–Kier alpha value is -2.11. The number of aryl methyl sites for hydroxylation is 1. The molecule has 5 nitrogen and oxygen atoms in total. The summed E-state index contributed by atoms with van der Waals surface area (Å²) in [6.07, 6.45) is 0.390. The van der Waals surface area contributed by atoms with Crippen LogP contribution < -0.4 is 10.6 Å². The summed E-state index contributed by atoms with van der Waals surface area (Å²) in [4.78, 5) is 17.2. The van der Waals surface area contributed by atoms with Crippen LogP contribution >= 0.6 is 0 Å². The molecule has 2 N–H and O–H groups in total. The average molecular weight is 308 g/mol. The Morgan fingerprint density at radius 2 is 2.09 bits per heavy atom. The number of rotatable bonds is 5. The van der Waals surface area contributed by atoms with E-state index in [4.69, 9.17) is 0 Å². The van der Waals surface area contributed by atoms with Crippen LogP contribution in [0.2, 0.25) is 0 Å². The summed E-state index contributed by atoms with van der Waals surface area (Å²) in [5, 5.41) is 6.26. The molecule has 1 rings (SSSR count). The van der Waals surface area contributed by atoms with Gasteiger partial charge in [0.05, 0.1) is 6.04 Å².